The molecule has 0 spiro atoms. The fraction of sp³-hybridized carbons (Fsp3) is 0.400. The van der Waals surface area contributed by atoms with E-state index in [0.29, 0.717) is 0 Å². The number of hydrogen-bond donors (Lipinski definition) is 0. The van der Waals surface area contributed by atoms with Crippen LogP contribution in [0.25, 0.3) is 5.57 Å². The van der Waals surface area contributed by atoms with Crippen molar-refractivity contribution in [2.75, 3.05) is 0 Å². The Morgan fingerprint density at radius 3 is 2.47 bits per heavy atom. The lowest BCUT2D eigenvalue weighted by molar-refractivity contribution is 0.598. The van der Waals surface area contributed by atoms with E-state index in [0.717, 1.165) is 18.8 Å². The van der Waals surface area contributed by atoms with E-state index >= 15 is 0 Å². The Morgan fingerprint density at radius 1 is 1.27 bits per heavy atom. The van der Waals surface area contributed by atoms with Crippen LogP contribution in [0.2, 0.25) is 0 Å². The summed E-state index contributed by atoms with van der Waals surface area (Å²) in [5.41, 5.74) is 2.79. The van der Waals surface area contributed by atoms with Crippen LogP contribution in [0.1, 0.15) is 38.7 Å². The van der Waals surface area contributed by atoms with Crippen molar-refractivity contribution in [3.8, 4) is 0 Å². The summed E-state index contributed by atoms with van der Waals surface area (Å²) in [6, 6.07) is 10.6. The number of benzene rings is 1. The molecule has 0 nitrogen and oxygen atoms in total. The van der Waals surface area contributed by atoms with Crippen LogP contribution in [-0.4, -0.2) is 0 Å². The summed E-state index contributed by atoms with van der Waals surface area (Å²) < 4.78 is 0. The third-order valence-electron chi connectivity index (χ3n) is 2.53. The van der Waals surface area contributed by atoms with Gasteiger partial charge in [-0.05, 0) is 43.2 Å². The van der Waals surface area contributed by atoms with Gasteiger partial charge in [0.2, 0.25) is 0 Å². The van der Waals surface area contributed by atoms with E-state index in [1.165, 1.54) is 17.6 Å². The van der Waals surface area contributed by atoms with Gasteiger partial charge in [0.15, 0.2) is 0 Å². The van der Waals surface area contributed by atoms with Gasteiger partial charge in [-0.25, -0.2) is 0 Å². The molecule has 0 aliphatic carbocycles. The quantitative estimate of drug-likeness (QED) is 0.646. The molecule has 0 heterocycles. The maximum atomic E-state index is 3.90. The molecule has 0 unspecified atom stereocenters. The fourth-order valence-electron chi connectivity index (χ4n) is 1.63. The number of hydrogen-bond acceptors (Lipinski definition) is 0. The smallest absolute Gasteiger partial charge is 0.0228 e. The molecule has 0 amide bonds. The van der Waals surface area contributed by atoms with Gasteiger partial charge >= 0.3 is 0 Å². The molecule has 0 aliphatic rings. The minimum atomic E-state index is 0.766. The lowest BCUT2D eigenvalue weighted by atomic mass is 9.96. The molecule has 1 rings (SSSR count). The number of rotatable bonds is 5. The average Bonchev–Trinajstić information content (AvgIpc) is 2.25. The Bertz CT molecular complexity index is 293. The highest BCUT2D eigenvalue weighted by Crippen LogP contribution is 2.22. The van der Waals surface area contributed by atoms with Crippen LogP contribution in [-0.2, 0) is 0 Å². The molecule has 1 radical (unpaired) electrons. The number of allylic oxidation sites excluding steroid dienone is 2. The van der Waals surface area contributed by atoms with Crippen LogP contribution >= 0.6 is 0 Å². The first-order chi connectivity index (χ1) is 7.24. The Labute approximate surface area is 94.0 Å². The second-order valence-electron chi connectivity index (χ2n) is 4.32. The molecule has 0 heteroatoms. The summed E-state index contributed by atoms with van der Waals surface area (Å²) in [4.78, 5) is 0. The van der Waals surface area contributed by atoms with Crippen LogP contribution in [0.5, 0.6) is 0 Å². The SMILES string of the molecule is [CH2]CC=C(CCC(C)C)c1ccccc1. The molecule has 1 aromatic carbocycles. The van der Waals surface area contributed by atoms with E-state index in [-0.39, 0.29) is 0 Å². The molecular formula is C15H21. The molecule has 0 atom stereocenters. The highest BCUT2D eigenvalue weighted by atomic mass is 14.1. The molecular weight excluding hydrogens is 180 g/mol. The summed E-state index contributed by atoms with van der Waals surface area (Å²) in [7, 11) is 0. The Kier molecular flexibility index (Phi) is 5.17. The third kappa shape index (κ3) is 4.33. The van der Waals surface area contributed by atoms with Gasteiger partial charge in [0, 0.05) is 0 Å². The van der Waals surface area contributed by atoms with Crippen molar-refractivity contribution in [3.05, 3.63) is 48.9 Å². The largest absolute Gasteiger partial charge is 0.0807 e. The second-order valence-corrected chi connectivity index (χ2v) is 4.32. The van der Waals surface area contributed by atoms with Crippen molar-refractivity contribution in [1.29, 1.82) is 0 Å². The van der Waals surface area contributed by atoms with Crippen LogP contribution in [0, 0.1) is 12.8 Å². The standard InChI is InChI=1S/C15H21/c1-4-8-14(12-11-13(2)3)15-9-6-5-7-10-15/h5-10,13H,1,4,11-12H2,2-3H3. The summed E-state index contributed by atoms with van der Waals surface area (Å²) in [6.07, 6.45) is 5.54. The fourth-order valence-corrected chi connectivity index (χ4v) is 1.63. The molecule has 0 saturated carbocycles. The van der Waals surface area contributed by atoms with Crippen LogP contribution in [0.3, 0.4) is 0 Å². The monoisotopic (exact) mass is 201 g/mol. The zero-order chi connectivity index (χ0) is 11.1. The van der Waals surface area contributed by atoms with Gasteiger partial charge in [0.05, 0.1) is 0 Å². The first-order valence-electron chi connectivity index (χ1n) is 5.77. The van der Waals surface area contributed by atoms with Gasteiger partial charge in [0.1, 0.15) is 0 Å². The van der Waals surface area contributed by atoms with Crippen molar-refractivity contribution in [3.63, 3.8) is 0 Å². The van der Waals surface area contributed by atoms with Gasteiger partial charge < -0.3 is 0 Å². The van der Waals surface area contributed by atoms with E-state index < -0.39 is 0 Å². The molecule has 0 saturated heterocycles. The van der Waals surface area contributed by atoms with Crippen molar-refractivity contribution in [1.82, 2.24) is 0 Å². The molecule has 0 bridgehead atoms. The third-order valence-corrected chi connectivity index (χ3v) is 2.53. The Balaban J connectivity index is 2.71. The average molecular weight is 201 g/mol. The predicted octanol–water partition coefficient (Wildman–Crippen LogP) is 4.73. The van der Waals surface area contributed by atoms with Crippen molar-refractivity contribution < 1.29 is 0 Å². The first-order valence-corrected chi connectivity index (χ1v) is 5.77. The molecule has 1 aromatic rings. The highest BCUT2D eigenvalue weighted by molar-refractivity contribution is 5.65. The lowest BCUT2D eigenvalue weighted by Crippen LogP contribution is -1.90. The summed E-state index contributed by atoms with van der Waals surface area (Å²) in [5, 5.41) is 0. The predicted molar refractivity (Wildman–Crippen MR) is 68.5 cm³/mol. The first kappa shape index (κ1) is 12.0. The van der Waals surface area contributed by atoms with Gasteiger partial charge in [0.25, 0.3) is 0 Å². The maximum absolute atomic E-state index is 3.90. The van der Waals surface area contributed by atoms with Gasteiger partial charge in [-0.2, -0.15) is 0 Å². The van der Waals surface area contributed by atoms with E-state index in [9.17, 15) is 0 Å². The highest BCUT2D eigenvalue weighted by Gasteiger charge is 2.02. The summed E-state index contributed by atoms with van der Waals surface area (Å²) in [6.45, 7) is 8.44. The lowest BCUT2D eigenvalue weighted by Gasteiger charge is -2.09. The summed E-state index contributed by atoms with van der Waals surface area (Å²) >= 11 is 0. The molecule has 0 aliphatic heterocycles. The van der Waals surface area contributed by atoms with E-state index in [1.54, 1.807) is 0 Å². The molecule has 0 aromatic heterocycles. The Morgan fingerprint density at radius 2 is 1.93 bits per heavy atom. The van der Waals surface area contributed by atoms with Crippen molar-refractivity contribution in [2.24, 2.45) is 5.92 Å². The molecule has 15 heavy (non-hydrogen) atoms. The molecule has 0 fully saturated rings. The van der Waals surface area contributed by atoms with Crippen molar-refractivity contribution in [2.45, 2.75) is 33.1 Å². The van der Waals surface area contributed by atoms with Crippen LogP contribution < -0.4 is 0 Å². The summed E-state index contributed by atoms with van der Waals surface area (Å²) in [5.74, 6) is 0.766. The maximum Gasteiger partial charge on any atom is -0.0228 e. The zero-order valence-corrected chi connectivity index (χ0v) is 9.87. The van der Waals surface area contributed by atoms with E-state index in [1.807, 2.05) is 0 Å². The van der Waals surface area contributed by atoms with Gasteiger partial charge in [-0.1, -0.05) is 50.3 Å². The van der Waals surface area contributed by atoms with Crippen LogP contribution in [0.4, 0.5) is 0 Å². The normalized spacial score (nSPS) is 12.1. The van der Waals surface area contributed by atoms with Crippen molar-refractivity contribution >= 4 is 5.57 Å². The topological polar surface area (TPSA) is 0 Å². The van der Waals surface area contributed by atoms with E-state index in [2.05, 4.69) is 57.2 Å². The Hall–Kier alpha value is -1.04. The molecule has 0 N–H and O–H groups in total. The minimum absolute atomic E-state index is 0.766. The second kappa shape index (κ2) is 6.44. The van der Waals surface area contributed by atoms with Gasteiger partial charge in [-0.15, -0.1) is 0 Å². The van der Waals surface area contributed by atoms with Crippen LogP contribution in [0.15, 0.2) is 36.4 Å². The van der Waals surface area contributed by atoms with E-state index in [4.69, 9.17) is 0 Å². The minimum Gasteiger partial charge on any atom is -0.0807 e. The molecule has 81 valence electrons. The van der Waals surface area contributed by atoms with Gasteiger partial charge in [-0.3, -0.25) is 0 Å². The zero-order valence-electron chi connectivity index (χ0n) is 9.87.